The Morgan fingerprint density at radius 2 is 1.14 bits per heavy atom. The van der Waals surface area contributed by atoms with Gasteiger partial charge in [0.25, 0.3) is 0 Å². The molecule has 10 rings (SSSR count). The summed E-state index contributed by atoms with van der Waals surface area (Å²) in [6.07, 6.45) is 11.5. The van der Waals surface area contributed by atoms with Gasteiger partial charge >= 0.3 is 12.2 Å². The predicted octanol–water partition coefficient (Wildman–Crippen LogP) is 11.2. The number of rotatable bonds is 16. The van der Waals surface area contributed by atoms with Crippen molar-refractivity contribution in [1.82, 2.24) is 40.4 Å². The molecule has 6 aromatic rings. The molecule has 4 amide bonds. The summed E-state index contributed by atoms with van der Waals surface area (Å²) in [4.78, 5) is 75.1. The SMILES string of the molecule is CCc1ccc(CCc2ccc(C)cc2-c2ccc3[nH]c([C@@H]4C[C@@H]5CCCC[C@@H]5N4C(=O)[C@H](CCC#N)NC(=O)OC)nc3c2)cc1-c1ccc2[nH]c([C@@H]3C[C@@H]4CCCC[C@@H]4N3C(=O)[C@H](CCC#N)NC(=O)OC)nc2c1. The summed E-state index contributed by atoms with van der Waals surface area (Å²) in [5.74, 6) is 1.73. The molecule has 2 aromatic heterocycles. The van der Waals surface area contributed by atoms with Gasteiger partial charge in [0.15, 0.2) is 0 Å². The molecule has 0 radical (unpaired) electrons. The van der Waals surface area contributed by atoms with E-state index in [-0.39, 0.29) is 61.7 Å². The molecule has 4 aliphatic rings. The number of methoxy groups -OCH3 is 2. The maximum Gasteiger partial charge on any atom is 0.407 e. The third kappa shape index (κ3) is 11.0. The lowest BCUT2D eigenvalue weighted by Crippen LogP contribution is -2.51. The second-order valence-corrected chi connectivity index (χ2v) is 21.7. The zero-order valence-electron chi connectivity index (χ0n) is 44.7. The van der Waals surface area contributed by atoms with Gasteiger partial charge in [-0.25, -0.2) is 19.6 Å². The first-order valence-electron chi connectivity index (χ1n) is 27.8. The highest BCUT2D eigenvalue weighted by atomic mass is 16.5. The van der Waals surface area contributed by atoms with Crippen molar-refractivity contribution in [2.45, 2.75) is 159 Å². The van der Waals surface area contributed by atoms with Crippen LogP contribution in [0.4, 0.5) is 9.59 Å². The maximum atomic E-state index is 14.4. The molecule has 2 aliphatic heterocycles. The maximum absolute atomic E-state index is 14.4. The number of carbonyl (C=O) groups is 4. The molecule has 8 atom stereocenters. The van der Waals surface area contributed by atoms with E-state index in [1.54, 1.807) is 0 Å². The predicted molar refractivity (Wildman–Crippen MR) is 293 cm³/mol. The normalized spacial score (nSPS) is 21.6. The first-order chi connectivity index (χ1) is 37.5. The van der Waals surface area contributed by atoms with Crippen molar-refractivity contribution in [3.8, 4) is 34.4 Å². The molecule has 400 valence electrons. The number of nitrogens with one attached hydrogen (secondary N) is 4. The van der Waals surface area contributed by atoms with Crippen LogP contribution >= 0.6 is 0 Å². The van der Waals surface area contributed by atoms with Gasteiger partial charge < -0.3 is 39.9 Å². The number of hydrogen-bond acceptors (Lipinski definition) is 10. The van der Waals surface area contributed by atoms with E-state index in [0.29, 0.717) is 11.8 Å². The molecule has 4 aromatic carbocycles. The van der Waals surface area contributed by atoms with Crippen LogP contribution in [0.15, 0.2) is 72.8 Å². The highest BCUT2D eigenvalue weighted by Gasteiger charge is 2.49. The number of aryl methyl sites for hydroxylation is 4. The Bertz CT molecular complexity index is 3260. The molecule has 4 heterocycles. The lowest BCUT2D eigenvalue weighted by molar-refractivity contribution is -0.138. The molecule has 2 saturated heterocycles. The number of benzene rings is 4. The van der Waals surface area contributed by atoms with Crippen molar-refractivity contribution >= 4 is 46.1 Å². The number of aromatic amines is 2. The number of alkyl carbamates (subject to hydrolysis) is 2. The highest BCUT2D eigenvalue weighted by Crippen LogP contribution is 2.48. The van der Waals surface area contributed by atoms with Gasteiger partial charge in [0.05, 0.1) is 60.5 Å². The highest BCUT2D eigenvalue weighted by molar-refractivity contribution is 5.89. The molecule has 77 heavy (non-hydrogen) atoms. The smallest absolute Gasteiger partial charge is 0.407 e. The number of nitriles is 2. The minimum Gasteiger partial charge on any atom is -0.453 e. The third-order valence-corrected chi connectivity index (χ3v) is 17.1. The van der Waals surface area contributed by atoms with Crippen molar-refractivity contribution in [2.24, 2.45) is 11.8 Å². The second-order valence-electron chi connectivity index (χ2n) is 21.7. The summed E-state index contributed by atoms with van der Waals surface area (Å²) in [6.45, 7) is 4.30. The van der Waals surface area contributed by atoms with Gasteiger partial charge in [0.1, 0.15) is 23.7 Å². The number of likely N-dealkylation sites (tertiary alicyclic amines) is 2. The average Bonchev–Trinajstić information content (AvgIpc) is 4.34. The molecule has 4 fully saturated rings. The number of amides is 4. The third-order valence-electron chi connectivity index (χ3n) is 17.1. The number of fused-ring (bicyclic) bond motifs is 4. The van der Waals surface area contributed by atoms with E-state index in [2.05, 4.69) is 119 Å². The minimum atomic E-state index is -0.876. The largest absolute Gasteiger partial charge is 0.453 e. The zero-order chi connectivity index (χ0) is 53.7. The summed E-state index contributed by atoms with van der Waals surface area (Å²) in [6, 6.07) is 28.2. The van der Waals surface area contributed by atoms with Gasteiger partial charge in [0, 0.05) is 24.9 Å². The number of ether oxygens (including phenoxy) is 2. The summed E-state index contributed by atoms with van der Waals surface area (Å²) in [5.41, 5.74) is 12.7. The minimum absolute atomic E-state index is 0.0331. The van der Waals surface area contributed by atoms with E-state index < -0.39 is 24.3 Å². The van der Waals surface area contributed by atoms with Crippen molar-refractivity contribution in [3.63, 3.8) is 0 Å². The fourth-order valence-corrected chi connectivity index (χ4v) is 13.3. The molecular formula is C61H70N10O6. The molecule has 16 heteroatoms. The van der Waals surface area contributed by atoms with Gasteiger partial charge in [-0.15, -0.1) is 0 Å². The number of carbonyl (C=O) groups excluding carboxylic acids is 4. The average molecular weight is 1040 g/mol. The van der Waals surface area contributed by atoms with Crippen LogP contribution in [0.5, 0.6) is 0 Å². The van der Waals surface area contributed by atoms with Gasteiger partial charge in [-0.05, 0) is 153 Å². The fraction of sp³-hybridized carbons (Fsp3) is 0.475. The van der Waals surface area contributed by atoms with Crippen LogP contribution in [0.25, 0.3) is 44.3 Å². The topological polar surface area (TPSA) is 222 Å². The van der Waals surface area contributed by atoms with Crippen molar-refractivity contribution < 1.29 is 28.7 Å². The van der Waals surface area contributed by atoms with Crippen LogP contribution in [0.2, 0.25) is 0 Å². The number of imidazole rings is 2. The molecule has 2 aliphatic carbocycles. The van der Waals surface area contributed by atoms with Gasteiger partial charge in [-0.3, -0.25) is 9.59 Å². The van der Waals surface area contributed by atoms with E-state index >= 15 is 0 Å². The van der Waals surface area contributed by atoms with E-state index in [9.17, 15) is 29.7 Å². The lowest BCUT2D eigenvalue weighted by atomic mass is 9.84. The summed E-state index contributed by atoms with van der Waals surface area (Å²) < 4.78 is 9.75. The lowest BCUT2D eigenvalue weighted by Gasteiger charge is -2.35. The zero-order valence-corrected chi connectivity index (χ0v) is 44.7. The van der Waals surface area contributed by atoms with E-state index in [0.717, 1.165) is 145 Å². The van der Waals surface area contributed by atoms with Crippen LogP contribution in [0, 0.1) is 41.4 Å². The summed E-state index contributed by atoms with van der Waals surface area (Å²) in [5, 5.41) is 24.3. The Morgan fingerprint density at radius 3 is 1.64 bits per heavy atom. The second kappa shape index (κ2) is 23.3. The fourth-order valence-electron chi connectivity index (χ4n) is 13.3. The number of aromatic nitrogens is 4. The van der Waals surface area contributed by atoms with Gasteiger partial charge in [-0.2, -0.15) is 10.5 Å². The first kappa shape index (κ1) is 52.7. The number of H-pyrrole nitrogens is 2. The summed E-state index contributed by atoms with van der Waals surface area (Å²) >= 11 is 0. The molecule has 0 spiro atoms. The van der Waals surface area contributed by atoms with Crippen LogP contribution < -0.4 is 10.6 Å². The van der Waals surface area contributed by atoms with E-state index in [4.69, 9.17) is 19.4 Å². The molecule has 0 bridgehead atoms. The number of nitrogens with zero attached hydrogens (tertiary/aromatic N) is 6. The molecule has 4 N–H and O–H groups in total. The van der Waals surface area contributed by atoms with Crippen molar-refractivity contribution in [2.75, 3.05) is 14.2 Å². The Morgan fingerprint density at radius 1 is 0.649 bits per heavy atom. The molecule has 0 unspecified atom stereocenters. The first-order valence-corrected chi connectivity index (χ1v) is 27.8. The number of hydrogen-bond donors (Lipinski definition) is 4. The Balaban J connectivity index is 0.890. The van der Waals surface area contributed by atoms with Crippen LogP contribution in [-0.4, -0.2) is 92.1 Å². The van der Waals surface area contributed by atoms with Crippen molar-refractivity contribution in [3.05, 3.63) is 107 Å². The van der Waals surface area contributed by atoms with Crippen molar-refractivity contribution in [1.29, 1.82) is 10.5 Å². The standard InChI is InChI=1S/C61H70N10O6/c1-5-38-22-19-37(31-45(38)41-25-27-47-51(33-41)67-57(65-47)55-35-43-13-7-9-17-53(43)71(55)59(73)49(15-11-29-63)69-61(75)77-4)20-23-39-21-18-36(2)30-44(39)40-24-26-46-50(32-40)66-56(64-46)54-34-42-12-6-8-16-52(42)70(54)58(72)48(14-10-28-62)68-60(74)76-3/h18-19,21-22,24-27,30-33,42-43,48-49,52-55H,5-17,20,23,34-35H2,1-4H3,(H,64,66)(H,65,67)(H,68,74)(H,69,75)/t42-,43-,48-,49-,52-,53-,54-,55-/m0/s1. The summed E-state index contributed by atoms with van der Waals surface area (Å²) in [7, 11) is 2.55. The van der Waals surface area contributed by atoms with Gasteiger partial charge in [-0.1, -0.05) is 86.7 Å². The van der Waals surface area contributed by atoms with E-state index in [1.165, 1.54) is 30.9 Å². The van der Waals surface area contributed by atoms with Gasteiger partial charge in [0.2, 0.25) is 11.8 Å². The molecular weight excluding hydrogens is 969 g/mol. The monoisotopic (exact) mass is 1040 g/mol. The molecule has 2 saturated carbocycles. The Labute approximate surface area is 450 Å². The van der Waals surface area contributed by atoms with Crippen LogP contribution in [0.3, 0.4) is 0 Å². The quantitative estimate of drug-likeness (QED) is 0.0718. The Kier molecular flexibility index (Phi) is 15.9. The van der Waals surface area contributed by atoms with E-state index in [1.807, 2.05) is 9.80 Å². The Hall–Kier alpha value is -7.72. The molecule has 16 nitrogen and oxygen atoms in total. The van der Waals surface area contributed by atoms with Crippen LogP contribution in [0.1, 0.15) is 143 Å². The van der Waals surface area contributed by atoms with Crippen LogP contribution in [-0.2, 0) is 38.3 Å².